The highest BCUT2D eigenvalue weighted by Gasteiger charge is 2.16. The molecule has 0 radical (unpaired) electrons. The van der Waals surface area contributed by atoms with Crippen molar-refractivity contribution in [3.8, 4) is 0 Å². The van der Waals surface area contributed by atoms with E-state index in [4.69, 9.17) is 0 Å². The quantitative estimate of drug-likeness (QED) is 0.749. The predicted octanol–water partition coefficient (Wildman–Crippen LogP) is 3.16. The zero-order valence-electron chi connectivity index (χ0n) is 14.0. The van der Waals surface area contributed by atoms with E-state index in [0.29, 0.717) is 0 Å². The number of hydrogen-bond acceptors (Lipinski definition) is 4. The van der Waals surface area contributed by atoms with Gasteiger partial charge in [0.25, 0.3) is 0 Å². The molecule has 4 nitrogen and oxygen atoms in total. The highest BCUT2D eigenvalue weighted by atomic mass is 14.9. The molecule has 0 atom stereocenters. The fourth-order valence-electron chi connectivity index (χ4n) is 3.54. The summed E-state index contributed by atoms with van der Waals surface area (Å²) in [5.41, 5.74) is 7.74. The monoisotopic (exact) mass is 296 g/mol. The second-order valence-electron chi connectivity index (χ2n) is 6.27. The van der Waals surface area contributed by atoms with Crippen LogP contribution in [0.5, 0.6) is 0 Å². The molecule has 0 fully saturated rings. The third-order valence-electron chi connectivity index (χ3n) is 4.50. The van der Waals surface area contributed by atoms with Crippen molar-refractivity contribution < 1.29 is 0 Å². The Bertz CT molecular complexity index is 645. The van der Waals surface area contributed by atoms with Gasteiger partial charge in [-0.05, 0) is 77.3 Å². The lowest BCUT2D eigenvalue weighted by Gasteiger charge is -2.02. The molecule has 2 heterocycles. The Labute approximate surface area is 132 Å². The summed E-state index contributed by atoms with van der Waals surface area (Å²) in [6.07, 6.45) is 7.19. The molecule has 0 amide bonds. The zero-order valence-corrected chi connectivity index (χ0v) is 14.0. The number of nitrogens with zero attached hydrogens (tertiary/aromatic N) is 4. The van der Waals surface area contributed by atoms with Crippen molar-refractivity contribution >= 4 is 0 Å². The van der Waals surface area contributed by atoms with Gasteiger partial charge in [-0.3, -0.25) is 0 Å². The van der Waals surface area contributed by atoms with Gasteiger partial charge < -0.3 is 0 Å². The zero-order chi connectivity index (χ0) is 15.7. The number of hydrogen-bond donors (Lipinski definition) is 0. The maximum absolute atomic E-state index is 4.40. The molecule has 0 saturated carbocycles. The average Bonchev–Trinajstić information content (AvgIpc) is 3.07. The van der Waals surface area contributed by atoms with Crippen molar-refractivity contribution in [3.05, 3.63) is 45.6 Å². The summed E-state index contributed by atoms with van der Waals surface area (Å²) >= 11 is 0. The van der Waals surface area contributed by atoms with Gasteiger partial charge in [0, 0.05) is 22.8 Å². The second-order valence-corrected chi connectivity index (χ2v) is 6.27. The molecule has 0 aromatic carbocycles. The number of aromatic nitrogens is 4. The second kappa shape index (κ2) is 6.11. The number of aryl methyl sites for hydroxylation is 6. The maximum atomic E-state index is 4.40. The van der Waals surface area contributed by atoms with Gasteiger partial charge in [-0.15, -0.1) is 0 Å². The highest BCUT2D eigenvalue weighted by Crippen LogP contribution is 2.22. The van der Waals surface area contributed by atoms with Crippen LogP contribution in [0.25, 0.3) is 0 Å². The Morgan fingerprint density at radius 2 is 0.955 bits per heavy atom. The van der Waals surface area contributed by atoms with Gasteiger partial charge >= 0.3 is 0 Å². The van der Waals surface area contributed by atoms with Gasteiger partial charge in [-0.1, -0.05) is 0 Å². The Hall–Kier alpha value is -1.84. The summed E-state index contributed by atoms with van der Waals surface area (Å²) in [5, 5.41) is 0. The van der Waals surface area contributed by atoms with Crippen LogP contribution in [0.4, 0.5) is 0 Å². The summed E-state index contributed by atoms with van der Waals surface area (Å²) in [4.78, 5) is 17.5. The molecule has 2 aliphatic carbocycles. The van der Waals surface area contributed by atoms with Crippen molar-refractivity contribution in [1.82, 2.24) is 19.9 Å². The van der Waals surface area contributed by atoms with Crippen LogP contribution in [0, 0.1) is 27.7 Å². The van der Waals surface area contributed by atoms with E-state index in [0.717, 1.165) is 24.5 Å². The maximum Gasteiger partial charge on any atom is 0.125 e. The van der Waals surface area contributed by atoms with Crippen LogP contribution in [0.1, 0.15) is 58.4 Å². The van der Waals surface area contributed by atoms with E-state index in [-0.39, 0.29) is 0 Å². The van der Waals surface area contributed by atoms with E-state index in [1.165, 1.54) is 59.6 Å². The van der Waals surface area contributed by atoms with Crippen LogP contribution in [0.2, 0.25) is 0 Å². The third-order valence-corrected chi connectivity index (χ3v) is 4.50. The Morgan fingerprint density at radius 3 is 1.36 bits per heavy atom. The van der Waals surface area contributed by atoms with Crippen molar-refractivity contribution in [2.75, 3.05) is 0 Å². The van der Waals surface area contributed by atoms with E-state index in [1.54, 1.807) is 0 Å². The minimum Gasteiger partial charge on any atom is -0.238 e. The molecule has 0 spiro atoms. The molecular formula is C18H24N4. The lowest BCUT2D eigenvalue weighted by atomic mass is 10.2. The first-order valence-electron chi connectivity index (χ1n) is 8.20. The molecule has 2 aromatic rings. The molecule has 0 N–H and O–H groups in total. The van der Waals surface area contributed by atoms with Gasteiger partial charge in [0.1, 0.15) is 11.6 Å². The standard InChI is InChI=1S/2C9H12N2/c2*1-6-8-4-3-5-9(8)11-7(2)10-6/h2*3-5H2,1-2H3. The third kappa shape index (κ3) is 3.01. The summed E-state index contributed by atoms with van der Waals surface area (Å²) in [5.74, 6) is 1.84. The van der Waals surface area contributed by atoms with E-state index >= 15 is 0 Å². The summed E-state index contributed by atoms with van der Waals surface area (Å²) < 4.78 is 0. The smallest absolute Gasteiger partial charge is 0.125 e. The molecule has 0 unspecified atom stereocenters. The average molecular weight is 296 g/mol. The summed E-state index contributed by atoms with van der Waals surface area (Å²) in [7, 11) is 0. The molecule has 2 aromatic heterocycles. The van der Waals surface area contributed by atoms with Gasteiger partial charge in [-0.25, -0.2) is 19.9 Å². The number of fused-ring (bicyclic) bond motifs is 2. The minimum absolute atomic E-state index is 0.920. The Morgan fingerprint density at radius 1 is 0.545 bits per heavy atom. The largest absolute Gasteiger partial charge is 0.238 e. The summed E-state index contributed by atoms with van der Waals surface area (Å²) in [6, 6.07) is 0. The van der Waals surface area contributed by atoms with Gasteiger partial charge in [0.2, 0.25) is 0 Å². The molecule has 4 rings (SSSR count). The van der Waals surface area contributed by atoms with Gasteiger partial charge in [-0.2, -0.15) is 0 Å². The van der Waals surface area contributed by atoms with Crippen molar-refractivity contribution in [2.24, 2.45) is 0 Å². The van der Waals surface area contributed by atoms with Gasteiger partial charge in [0.15, 0.2) is 0 Å². The van der Waals surface area contributed by atoms with E-state index in [9.17, 15) is 0 Å². The normalized spacial score (nSPS) is 15.1. The molecule has 0 saturated heterocycles. The molecule has 2 aliphatic rings. The first-order chi connectivity index (χ1) is 10.5. The number of rotatable bonds is 0. The van der Waals surface area contributed by atoms with E-state index in [1.807, 2.05) is 13.8 Å². The molecule has 0 aliphatic heterocycles. The Balaban J connectivity index is 0.000000131. The minimum atomic E-state index is 0.920. The van der Waals surface area contributed by atoms with Crippen LogP contribution in [0.15, 0.2) is 0 Å². The fourth-order valence-corrected chi connectivity index (χ4v) is 3.54. The Kier molecular flexibility index (Phi) is 4.19. The van der Waals surface area contributed by atoms with Crippen LogP contribution in [0.3, 0.4) is 0 Å². The van der Waals surface area contributed by atoms with Gasteiger partial charge in [0.05, 0.1) is 0 Å². The lowest BCUT2D eigenvalue weighted by Crippen LogP contribution is -1.98. The fraction of sp³-hybridized carbons (Fsp3) is 0.556. The molecule has 22 heavy (non-hydrogen) atoms. The van der Waals surface area contributed by atoms with Crippen molar-refractivity contribution in [1.29, 1.82) is 0 Å². The van der Waals surface area contributed by atoms with Crippen molar-refractivity contribution in [3.63, 3.8) is 0 Å². The summed E-state index contributed by atoms with van der Waals surface area (Å²) in [6.45, 7) is 8.09. The van der Waals surface area contributed by atoms with Crippen LogP contribution in [-0.2, 0) is 25.7 Å². The SMILES string of the molecule is Cc1nc(C)c2c(n1)CCC2.Cc1nc(C)c2c(n1)CCC2. The first kappa shape index (κ1) is 15.1. The first-order valence-corrected chi connectivity index (χ1v) is 8.20. The van der Waals surface area contributed by atoms with Crippen LogP contribution < -0.4 is 0 Å². The molecule has 116 valence electrons. The molecule has 0 bridgehead atoms. The van der Waals surface area contributed by atoms with Crippen LogP contribution >= 0.6 is 0 Å². The highest BCUT2D eigenvalue weighted by molar-refractivity contribution is 5.29. The predicted molar refractivity (Wildman–Crippen MR) is 87.1 cm³/mol. The van der Waals surface area contributed by atoms with E-state index < -0.39 is 0 Å². The molecule has 4 heteroatoms. The van der Waals surface area contributed by atoms with Crippen molar-refractivity contribution in [2.45, 2.75) is 66.2 Å². The lowest BCUT2D eigenvalue weighted by molar-refractivity contribution is 0.895. The molecular weight excluding hydrogens is 272 g/mol. The van der Waals surface area contributed by atoms with Crippen LogP contribution in [-0.4, -0.2) is 19.9 Å². The topological polar surface area (TPSA) is 51.6 Å². The van der Waals surface area contributed by atoms with E-state index in [2.05, 4.69) is 33.8 Å².